The molecule has 1 aromatic heterocycles. The van der Waals surface area contributed by atoms with Crippen LogP contribution in [-0.4, -0.2) is 73.7 Å². The van der Waals surface area contributed by atoms with Crippen LogP contribution in [0.2, 0.25) is 0 Å². The lowest BCUT2D eigenvalue weighted by Gasteiger charge is -2.34. The topological polar surface area (TPSA) is 130 Å². The summed E-state index contributed by atoms with van der Waals surface area (Å²) in [6.45, 7) is -0.215. The average Bonchev–Trinajstić information content (AvgIpc) is 3.13. The number of benzene rings is 3. The standard InChI is InChI=1S/C36H36O12/c1-39-23-12-7-21(8-13-23)9-16-31(37)45-20-30-26(42-4)19-29(44-6)36(47-30)48-35-33(38)32-27(43-5)17-25(41-3)18-28(32)46-34(35)22-10-14-24(40-2)15-11-22/h7-19,29-30,36H,20H2,1-6H3/b16-9+/t29?,30-,36+/m1/s1. The van der Waals surface area contributed by atoms with E-state index in [1.165, 1.54) is 34.5 Å². The van der Waals surface area contributed by atoms with Crippen LogP contribution in [0.25, 0.3) is 28.4 Å². The van der Waals surface area contributed by atoms with Gasteiger partial charge in [0, 0.05) is 30.9 Å². The fourth-order valence-corrected chi connectivity index (χ4v) is 5.01. The van der Waals surface area contributed by atoms with Gasteiger partial charge in [-0.3, -0.25) is 4.79 Å². The molecule has 1 aliphatic rings. The van der Waals surface area contributed by atoms with Gasteiger partial charge in [0.25, 0.3) is 0 Å². The van der Waals surface area contributed by atoms with Gasteiger partial charge in [0.2, 0.25) is 17.5 Å². The molecule has 0 saturated heterocycles. The molecule has 0 spiro atoms. The number of hydrogen-bond donors (Lipinski definition) is 0. The van der Waals surface area contributed by atoms with Gasteiger partial charge in [0.05, 0.1) is 35.5 Å². The van der Waals surface area contributed by atoms with E-state index in [0.29, 0.717) is 28.6 Å². The predicted octanol–water partition coefficient (Wildman–Crippen LogP) is 5.40. The van der Waals surface area contributed by atoms with E-state index in [1.54, 1.807) is 87.0 Å². The molecular formula is C36H36O12. The van der Waals surface area contributed by atoms with Gasteiger partial charge < -0.3 is 47.0 Å². The lowest BCUT2D eigenvalue weighted by atomic mass is 10.1. The minimum absolute atomic E-state index is 0.122. The van der Waals surface area contributed by atoms with Crippen molar-refractivity contribution in [2.45, 2.75) is 18.5 Å². The Bertz CT molecular complexity index is 1840. The maximum Gasteiger partial charge on any atom is 0.330 e. The Hall–Kier alpha value is -5.46. The molecule has 2 heterocycles. The molecule has 3 aromatic carbocycles. The van der Waals surface area contributed by atoms with Crippen molar-refractivity contribution in [2.75, 3.05) is 49.3 Å². The fraction of sp³-hybridized carbons (Fsp3) is 0.278. The van der Waals surface area contributed by atoms with Crippen LogP contribution in [0.4, 0.5) is 0 Å². The van der Waals surface area contributed by atoms with Crippen LogP contribution >= 0.6 is 0 Å². The van der Waals surface area contributed by atoms with E-state index in [1.807, 2.05) is 0 Å². The highest BCUT2D eigenvalue weighted by atomic mass is 16.7. The quantitative estimate of drug-likeness (QED) is 0.134. The smallest absolute Gasteiger partial charge is 0.330 e. The van der Waals surface area contributed by atoms with Crippen molar-refractivity contribution in [2.24, 2.45) is 0 Å². The molecular weight excluding hydrogens is 624 g/mol. The molecule has 12 heteroatoms. The highest BCUT2D eigenvalue weighted by molar-refractivity contribution is 5.89. The third kappa shape index (κ3) is 7.40. The molecule has 1 unspecified atom stereocenters. The molecule has 252 valence electrons. The van der Waals surface area contributed by atoms with Gasteiger partial charge in [-0.05, 0) is 54.1 Å². The van der Waals surface area contributed by atoms with Crippen LogP contribution < -0.4 is 29.1 Å². The number of ether oxygens (including phenoxy) is 9. The molecule has 0 N–H and O–H groups in total. The van der Waals surface area contributed by atoms with Crippen LogP contribution in [0.1, 0.15) is 5.56 Å². The Balaban J connectivity index is 1.46. The maximum atomic E-state index is 14.2. The van der Waals surface area contributed by atoms with Gasteiger partial charge in [0.15, 0.2) is 11.9 Å². The first-order valence-electron chi connectivity index (χ1n) is 14.8. The van der Waals surface area contributed by atoms with Crippen LogP contribution in [0.3, 0.4) is 0 Å². The fourth-order valence-electron chi connectivity index (χ4n) is 5.01. The van der Waals surface area contributed by atoms with Gasteiger partial charge in [-0.15, -0.1) is 0 Å². The van der Waals surface area contributed by atoms with Crippen molar-refractivity contribution in [3.05, 3.63) is 94.4 Å². The van der Waals surface area contributed by atoms with Crippen LogP contribution in [-0.2, 0) is 23.7 Å². The lowest BCUT2D eigenvalue weighted by molar-refractivity contribution is -0.191. The summed E-state index contributed by atoms with van der Waals surface area (Å²) >= 11 is 0. The van der Waals surface area contributed by atoms with Crippen molar-refractivity contribution in [3.8, 4) is 40.1 Å². The Morgan fingerprint density at radius 1 is 0.812 bits per heavy atom. The summed E-state index contributed by atoms with van der Waals surface area (Å²) in [6, 6.07) is 17.3. The first kappa shape index (κ1) is 33.9. The van der Waals surface area contributed by atoms with E-state index >= 15 is 0 Å². The van der Waals surface area contributed by atoms with E-state index in [9.17, 15) is 9.59 Å². The minimum atomic E-state index is -1.19. The number of methoxy groups -OCH3 is 6. The molecule has 0 fully saturated rings. The zero-order chi connectivity index (χ0) is 34.2. The molecule has 48 heavy (non-hydrogen) atoms. The second-order valence-corrected chi connectivity index (χ2v) is 10.3. The monoisotopic (exact) mass is 660 g/mol. The van der Waals surface area contributed by atoms with Crippen molar-refractivity contribution >= 4 is 23.0 Å². The predicted molar refractivity (Wildman–Crippen MR) is 176 cm³/mol. The summed E-state index contributed by atoms with van der Waals surface area (Å²) in [5, 5.41) is 0.137. The summed E-state index contributed by atoms with van der Waals surface area (Å²) in [5.41, 5.74) is 1.01. The third-order valence-corrected chi connectivity index (χ3v) is 7.56. The summed E-state index contributed by atoms with van der Waals surface area (Å²) in [6.07, 6.45) is 1.66. The molecule has 0 radical (unpaired) electrons. The van der Waals surface area contributed by atoms with E-state index in [4.69, 9.17) is 47.0 Å². The molecule has 1 aliphatic heterocycles. The van der Waals surface area contributed by atoms with E-state index in [2.05, 4.69) is 0 Å². The number of fused-ring (bicyclic) bond motifs is 1. The molecule has 4 aromatic rings. The van der Waals surface area contributed by atoms with Crippen molar-refractivity contribution in [3.63, 3.8) is 0 Å². The largest absolute Gasteiger partial charge is 0.498 e. The van der Waals surface area contributed by atoms with Gasteiger partial charge in [0.1, 0.15) is 52.4 Å². The first-order valence-corrected chi connectivity index (χ1v) is 14.8. The highest BCUT2D eigenvalue weighted by Gasteiger charge is 2.37. The Kier molecular flexibility index (Phi) is 10.9. The molecule has 3 atom stereocenters. The van der Waals surface area contributed by atoms with Gasteiger partial charge in [-0.1, -0.05) is 12.1 Å². The second-order valence-electron chi connectivity index (χ2n) is 10.3. The van der Waals surface area contributed by atoms with E-state index < -0.39 is 29.9 Å². The lowest BCUT2D eigenvalue weighted by Crippen LogP contribution is -2.45. The summed E-state index contributed by atoms with van der Waals surface area (Å²) in [4.78, 5) is 26.8. The first-order chi connectivity index (χ1) is 23.3. The van der Waals surface area contributed by atoms with Crippen LogP contribution in [0.15, 0.2) is 87.8 Å². The van der Waals surface area contributed by atoms with Crippen molar-refractivity contribution in [1.29, 1.82) is 0 Å². The summed E-state index contributed by atoms with van der Waals surface area (Å²) in [7, 11) is 8.98. The van der Waals surface area contributed by atoms with Crippen LogP contribution in [0.5, 0.6) is 28.7 Å². The molecule has 0 aliphatic carbocycles. The van der Waals surface area contributed by atoms with E-state index in [-0.39, 0.29) is 34.8 Å². The summed E-state index contributed by atoms with van der Waals surface area (Å²) in [5.74, 6) is 1.68. The number of rotatable bonds is 13. The molecule has 0 amide bonds. The second kappa shape index (κ2) is 15.4. The molecule has 12 nitrogen and oxygen atoms in total. The Morgan fingerprint density at radius 3 is 2.08 bits per heavy atom. The zero-order valence-corrected chi connectivity index (χ0v) is 27.3. The van der Waals surface area contributed by atoms with E-state index in [0.717, 1.165) is 5.56 Å². The van der Waals surface area contributed by atoms with Gasteiger partial charge in [-0.25, -0.2) is 4.79 Å². The van der Waals surface area contributed by atoms with Crippen LogP contribution in [0, 0.1) is 0 Å². The average molecular weight is 661 g/mol. The number of carbonyl (C=O) groups is 1. The zero-order valence-electron chi connectivity index (χ0n) is 27.3. The van der Waals surface area contributed by atoms with Gasteiger partial charge in [-0.2, -0.15) is 0 Å². The minimum Gasteiger partial charge on any atom is -0.498 e. The highest BCUT2D eigenvalue weighted by Crippen LogP contribution is 2.38. The maximum absolute atomic E-state index is 14.2. The number of carbonyl (C=O) groups excluding carboxylic acids is 1. The Morgan fingerprint density at radius 2 is 1.48 bits per heavy atom. The Labute approximate surface area is 276 Å². The molecule has 0 bridgehead atoms. The summed E-state index contributed by atoms with van der Waals surface area (Å²) < 4.78 is 56.9. The van der Waals surface area contributed by atoms with Crippen molar-refractivity contribution < 1.29 is 51.8 Å². The van der Waals surface area contributed by atoms with Gasteiger partial charge >= 0.3 is 5.97 Å². The normalized spacial score (nSPS) is 17.5. The molecule has 0 saturated carbocycles. The SMILES string of the molecule is COC1=CC(OC)[C@H](Oc2c(-c3ccc(OC)cc3)oc3cc(OC)cc(OC)c3c2=O)O[C@@H]1COC(=O)/C=C/c1ccc(OC)cc1. The van der Waals surface area contributed by atoms with Crippen molar-refractivity contribution in [1.82, 2.24) is 0 Å². The third-order valence-electron chi connectivity index (χ3n) is 7.56. The molecule has 5 rings (SSSR count). The number of hydrogen-bond acceptors (Lipinski definition) is 12. The number of esters is 1.